The van der Waals surface area contributed by atoms with Crippen molar-refractivity contribution in [2.45, 2.75) is 45.1 Å². The Morgan fingerprint density at radius 3 is 3.18 bits per heavy atom. The molecule has 1 saturated heterocycles. The number of ether oxygens (including phenoxy) is 1. The van der Waals surface area contributed by atoms with Crippen molar-refractivity contribution in [1.29, 1.82) is 0 Å². The van der Waals surface area contributed by atoms with Gasteiger partial charge in [-0.25, -0.2) is 0 Å². The van der Waals surface area contributed by atoms with Crippen molar-refractivity contribution in [3.05, 3.63) is 17.0 Å². The average molecular weight is 237 g/mol. The van der Waals surface area contributed by atoms with Gasteiger partial charge in [0, 0.05) is 31.0 Å². The number of hydrogen-bond acceptors (Lipinski definition) is 4. The molecule has 17 heavy (non-hydrogen) atoms. The minimum Gasteiger partial charge on any atom is -0.387 e. The summed E-state index contributed by atoms with van der Waals surface area (Å²) < 4.78 is 7.63. The van der Waals surface area contributed by atoms with Crippen LogP contribution in [0, 0.1) is 6.92 Å². The molecule has 0 aliphatic carbocycles. The number of nitrogens with one attached hydrogen (secondary N) is 1. The maximum atomic E-state index is 9.97. The number of fused-ring (bicyclic) bond motifs is 1. The number of rotatable bonds is 2. The van der Waals surface area contributed by atoms with E-state index in [1.807, 2.05) is 11.6 Å². The second kappa shape index (κ2) is 4.40. The third-order valence-electron chi connectivity index (χ3n) is 3.69. The van der Waals surface area contributed by atoms with Gasteiger partial charge in [0.15, 0.2) is 0 Å². The van der Waals surface area contributed by atoms with Gasteiger partial charge in [-0.2, -0.15) is 5.10 Å². The van der Waals surface area contributed by atoms with Crippen molar-refractivity contribution < 1.29 is 9.84 Å². The fourth-order valence-corrected chi connectivity index (χ4v) is 2.77. The van der Waals surface area contributed by atoms with E-state index in [9.17, 15) is 5.11 Å². The van der Waals surface area contributed by atoms with E-state index in [2.05, 4.69) is 10.4 Å². The molecule has 0 saturated carbocycles. The van der Waals surface area contributed by atoms with E-state index in [-0.39, 0.29) is 0 Å². The minimum absolute atomic E-state index is 0.292. The van der Waals surface area contributed by atoms with Gasteiger partial charge < -0.3 is 15.2 Å². The summed E-state index contributed by atoms with van der Waals surface area (Å²) in [6.45, 7) is 5.10. The van der Waals surface area contributed by atoms with Crippen LogP contribution in [0.25, 0.3) is 0 Å². The molecule has 3 heterocycles. The first kappa shape index (κ1) is 11.2. The van der Waals surface area contributed by atoms with Crippen molar-refractivity contribution in [2.24, 2.45) is 0 Å². The fourth-order valence-electron chi connectivity index (χ4n) is 2.77. The molecular weight excluding hydrogens is 218 g/mol. The molecule has 1 aromatic heterocycles. The lowest BCUT2D eigenvalue weighted by Crippen LogP contribution is -2.27. The molecule has 3 rings (SSSR count). The summed E-state index contributed by atoms with van der Waals surface area (Å²) in [5.74, 6) is 0. The van der Waals surface area contributed by atoms with E-state index in [1.165, 1.54) is 0 Å². The van der Waals surface area contributed by atoms with Gasteiger partial charge >= 0.3 is 0 Å². The molecule has 2 unspecified atom stereocenters. The van der Waals surface area contributed by atoms with Crippen molar-refractivity contribution in [3.63, 3.8) is 0 Å². The maximum absolute atomic E-state index is 9.97. The minimum atomic E-state index is -0.419. The molecule has 2 atom stereocenters. The quantitative estimate of drug-likeness (QED) is 0.786. The lowest BCUT2D eigenvalue weighted by atomic mass is 10.0. The summed E-state index contributed by atoms with van der Waals surface area (Å²) in [6, 6.07) is 0. The highest BCUT2D eigenvalue weighted by atomic mass is 16.5. The molecule has 1 fully saturated rings. The molecule has 2 N–H and O–H groups in total. The van der Waals surface area contributed by atoms with E-state index in [1.54, 1.807) is 0 Å². The number of hydrogen-bond donors (Lipinski definition) is 2. The third-order valence-corrected chi connectivity index (χ3v) is 3.69. The van der Waals surface area contributed by atoms with Crippen LogP contribution < -0.4 is 5.32 Å². The van der Waals surface area contributed by atoms with Gasteiger partial charge in [-0.15, -0.1) is 0 Å². The van der Waals surface area contributed by atoms with Gasteiger partial charge in [-0.3, -0.25) is 4.68 Å². The topological polar surface area (TPSA) is 59.3 Å². The van der Waals surface area contributed by atoms with Crippen LogP contribution >= 0.6 is 0 Å². The molecule has 5 heteroatoms. The number of aromatic nitrogens is 2. The third kappa shape index (κ3) is 1.99. The summed E-state index contributed by atoms with van der Waals surface area (Å²) in [5.41, 5.74) is 3.09. The zero-order valence-electron chi connectivity index (χ0n) is 10.1. The first-order valence-corrected chi connectivity index (χ1v) is 6.32. The van der Waals surface area contributed by atoms with Crippen molar-refractivity contribution in [2.75, 3.05) is 13.2 Å². The van der Waals surface area contributed by atoms with E-state index in [0.29, 0.717) is 12.6 Å². The van der Waals surface area contributed by atoms with Crippen molar-refractivity contribution in [3.8, 4) is 0 Å². The molecule has 0 amide bonds. The molecule has 0 aromatic carbocycles. The van der Waals surface area contributed by atoms with Crippen LogP contribution in [0.4, 0.5) is 0 Å². The Bertz CT molecular complexity index is 410. The summed E-state index contributed by atoms with van der Waals surface area (Å²) in [5, 5.41) is 17.7. The Morgan fingerprint density at radius 1 is 1.59 bits per heavy atom. The summed E-state index contributed by atoms with van der Waals surface area (Å²) in [7, 11) is 0. The SMILES string of the molecule is Cc1c2c(nn1CC1CCCO1)CNCC2O. The van der Waals surface area contributed by atoms with E-state index in [0.717, 1.165) is 49.5 Å². The monoisotopic (exact) mass is 237 g/mol. The van der Waals surface area contributed by atoms with Gasteiger partial charge in [0.05, 0.1) is 24.4 Å². The molecule has 0 radical (unpaired) electrons. The highest BCUT2D eigenvalue weighted by Gasteiger charge is 2.26. The first-order valence-electron chi connectivity index (χ1n) is 6.32. The summed E-state index contributed by atoms with van der Waals surface area (Å²) in [4.78, 5) is 0. The molecule has 0 spiro atoms. The predicted octanol–water partition coefficient (Wildman–Crippen LogP) is 0.507. The van der Waals surface area contributed by atoms with E-state index in [4.69, 9.17) is 4.74 Å². The number of aliphatic hydroxyl groups is 1. The normalized spacial score (nSPS) is 28.4. The lowest BCUT2D eigenvalue weighted by molar-refractivity contribution is 0.0932. The van der Waals surface area contributed by atoms with Gasteiger partial charge in [-0.1, -0.05) is 0 Å². The van der Waals surface area contributed by atoms with E-state index >= 15 is 0 Å². The van der Waals surface area contributed by atoms with Gasteiger partial charge in [0.25, 0.3) is 0 Å². The largest absolute Gasteiger partial charge is 0.387 e. The first-order chi connectivity index (χ1) is 8.25. The van der Waals surface area contributed by atoms with Crippen LogP contribution in [-0.2, 0) is 17.8 Å². The van der Waals surface area contributed by atoms with Crippen LogP contribution in [0.2, 0.25) is 0 Å². The average Bonchev–Trinajstić information content (AvgIpc) is 2.90. The number of aliphatic hydroxyl groups excluding tert-OH is 1. The number of nitrogens with zero attached hydrogens (tertiary/aromatic N) is 2. The molecule has 0 bridgehead atoms. The molecule has 5 nitrogen and oxygen atoms in total. The van der Waals surface area contributed by atoms with Crippen LogP contribution in [0.5, 0.6) is 0 Å². The maximum Gasteiger partial charge on any atom is 0.0950 e. The van der Waals surface area contributed by atoms with Crippen molar-refractivity contribution >= 4 is 0 Å². The Morgan fingerprint density at radius 2 is 2.47 bits per heavy atom. The van der Waals surface area contributed by atoms with Crippen LogP contribution in [0.1, 0.15) is 35.9 Å². The lowest BCUT2D eigenvalue weighted by Gasteiger charge is -2.18. The number of β-amino-alcohol motifs (C(OH)–C–C–N with tert-alkyl or cyclic N) is 1. The Balaban J connectivity index is 1.85. The zero-order chi connectivity index (χ0) is 11.8. The second-order valence-electron chi connectivity index (χ2n) is 4.91. The molecule has 94 valence electrons. The van der Waals surface area contributed by atoms with E-state index < -0.39 is 6.10 Å². The van der Waals surface area contributed by atoms with Crippen LogP contribution in [0.3, 0.4) is 0 Å². The van der Waals surface area contributed by atoms with Crippen LogP contribution in [0.15, 0.2) is 0 Å². The van der Waals surface area contributed by atoms with Gasteiger partial charge in [0.2, 0.25) is 0 Å². The predicted molar refractivity (Wildman–Crippen MR) is 62.6 cm³/mol. The van der Waals surface area contributed by atoms with Crippen LogP contribution in [-0.4, -0.2) is 34.1 Å². The fraction of sp³-hybridized carbons (Fsp3) is 0.750. The van der Waals surface area contributed by atoms with Gasteiger partial charge in [-0.05, 0) is 19.8 Å². The molecule has 1 aromatic rings. The molecular formula is C12H19N3O2. The Labute approximate surface area is 101 Å². The summed E-state index contributed by atoms with van der Waals surface area (Å²) in [6.07, 6.45) is 2.14. The smallest absolute Gasteiger partial charge is 0.0950 e. The highest BCUT2D eigenvalue weighted by molar-refractivity contribution is 5.30. The second-order valence-corrected chi connectivity index (χ2v) is 4.91. The van der Waals surface area contributed by atoms with Gasteiger partial charge in [0.1, 0.15) is 0 Å². The molecule has 2 aliphatic rings. The standard InChI is InChI=1S/C12H19N3O2/c1-8-12-10(5-13-6-11(12)16)14-15(8)7-9-3-2-4-17-9/h9,11,13,16H,2-7H2,1H3. The summed E-state index contributed by atoms with van der Waals surface area (Å²) >= 11 is 0. The Hall–Kier alpha value is -0.910. The zero-order valence-corrected chi connectivity index (χ0v) is 10.1. The van der Waals surface area contributed by atoms with Crippen molar-refractivity contribution in [1.82, 2.24) is 15.1 Å². The Kier molecular flexibility index (Phi) is 2.90. The molecule has 2 aliphatic heterocycles. The highest BCUT2D eigenvalue weighted by Crippen LogP contribution is 2.26.